The molecule has 4 nitrogen and oxygen atoms in total. The van der Waals surface area contributed by atoms with Gasteiger partial charge in [-0.2, -0.15) is 0 Å². The van der Waals surface area contributed by atoms with Crippen LogP contribution in [0.3, 0.4) is 0 Å². The second kappa shape index (κ2) is 5.68. The normalized spacial score (nSPS) is 16.4. The van der Waals surface area contributed by atoms with E-state index in [-0.39, 0.29) is 9.79 Å². The Balaban J connectivity index is 1.54. The summed E-state index contributed by atoms with van der Waals surface area (Å²) in [5.74, 6) is 0. The summed E-state index contributed by atoms with van der Waals surface area (Å²) in [5.41, 5.74) is 4.08. The number of hydrogen-bond acceptors (Lipinski definition) is 4. The summed E-state index contributed by atoms with van der Waals surface area (Å²) in [6.07, 6.45) is 0. The lowest BCUT2D eigenvalue weighted by Crippen LogP contribution is -1.98. The van der Waals surface area contributed by atoms with Gasteiger partial charge in [-0.05, 0) is 35.4 Å². The summed E-state index contributed by atoms with van der Waals surface area (Å²) in [6, 6.07) is 24.5. The predicted octanol–water partition coefficient (Wildman–Crippen LogP) is 4.98. The van der Waals surface area contributed by atoms with Crippen LogP contribution in [-0.4, -0.2) is 16.8 Å². The second-order valence-corrected chi connectivity index (χ2v) is 11.2. The molecule has 30 heavy (non-hydrogen) atoms. The van der Waals surface area contributed by atoms with Gasteiger partial charge in [0.2, 0.25) is 19.7 Å². The van der Waals surface area contributed by atoms with Crippen LogP contribution in [0.2, 0.25) is 0 Å². The highest BCUT2D eigenvalue weighted by Gasteiger charge is 2.34. The van der Waals surface area contributed by atoms with E-state index in [1.807, 2.05) is 24.3 Å². The Hall–Kier alpha value is -3.22. The Morgan fingerprint density at radius 3 is 1.20 bits per heavy atom. The Morgan fingerprint density at radius 1 is 0.400 bits per heavy atom. The van der Waals surface area contributed by atoms with Crippen LogP contribution in [0.4, 0.5) is 0 Å². The third-order valence-electron chi connectivity index (χ3n) is 5.81. The lowest BCUT2D eigenvalue weighted by Gasteiger charge is -2.08. The summed E-state index contributed by atoms with van der Waals surface area (Å²) in [6.45, 7) is 0. The van der Waals surface area contributed by atoms with Crippen LogP contribution < -0.4 is 0 Å². The van der Waals surface area contributed by atoms with Crippen molar-refractivity contribution >= 4 is 19.7 Å². The van der Waals surface area contributed by atoms with E-state index < -0.39 is 19.7 Å². The number of rotatable bonds is 1. The van der Waals surface area contributed by atoms with Crippen molar-refractivity contribution in [2.45, 2.75) is 19.6 Å². The molecule has 0 unspecified atom stereocenters. The summed E-state index contributed by atoms with van der Waals surface area (Å²) >= 11 is 0. The van der Waals surface area contributed by atoms with Crippen molar-refractivity contribution in [3.63, 3.8) is 0 Å². The van der Waals surface area contributed by atoms with Gasteiger partial charge in [-0.25, -0.2) is 16.8 Å². The van der Waals surface area contributed by atoms with E-state index in [1.165, 1.54) is 0 Å². The van der Waals surface area contributed by atoms with E-state index >= 15 is 0 Å². The third kappa shape index (κ3) is 2.15. The van der Waals surface area contributed by atoms with Crippen molar-refractivity contribution < 1.29 is 16.8 Å². The summed E-state index contributed by atoms with van der Waals surface area (Å²) in [5, 5.41) is 0. The second-order valence-electron chi connectivity index (χ2n) is 7.42. The minimum atomic E-state index is -3.59. The first-order valence-corrected chi connectivity index (χ1v) is 12.3. The molecule has 6 rings (SSSR count). The maximum atomic E-state index is 13.0. The van der Waals surface area contributed by atoms with Crippen molar-refractivity contribution in [1.82, 2.24) is 0 Å². The topological polar surface area (TPSA) is 68.3 Å². The maximum Gasteiger partial charge on any atom is 0.207 e. The van der Waals surface area contributed by atoms with Crippen LogP contribution in [0, 0.1) is 0 Å². The van der Waals surface area contributed by atoms with Gasteiger partial charge in [-0.3, -0.25) is 0 Å². The summed E-state index contributed by atoms with van der Waals surface area (Å²) < 4.78 is 52.0. The number of hydrogen-bond donors (Lipinski definition) is 0. The first kappa shape index (κ1) is 17.6. The molecular formula is C24H14O4S2. The SMILES string of the molecule is O=S1(=O)c2ccccc2-c2ccc(-c3ccc4c(c3)S(=O)(=O)c3ccccc3-4)cc21. The third-order valence-corrected chi connectivity index (χ3v) is 9.51. The lowest BCUT2D eigenvalue weighted by atomic mass is 9.98. The Bertz CT molecular complexity index is 1490. The monoisotopic (exact) mass is 430 g/mol. The Labute approximate surface area is 174 Å². The van der Waals surface area contributed by atoms with E-state index in [0.717, 1.165) is 0 Å². The van der Waals surface area contributed by atoms with Crippen molar-refractivity contribution in [2.75, 3.05) is 0 Å². The molecule has 0 N–H and O–H groups in total. The highest BCUT2D eigenvalue weighted by molar-refractivity contribution is 7.92. The Morgan fingerprint density at radius 2 is 0.767 bits per heavy atom. The average molecular weight is 431 g/mol. The van der Waals surface area contributed by atoms with E-state index in [2.05, 4.69) is 0 Å². The number of benzene rings is 4. The fourth-order valence-corrected chi connectivity index (χ4v) is 7.80. The predicted molar refractivity (Wildman–Crippen MR) is 114 cm³/mol. The van der Waals surface area contributed by atoms with Crippen molar-refractivity contribution in [3.05, 3.63) is 84.9 Å². The largest absolute Gasteiger partial charge is 0.218 e. The molecule has 0 aromatic heterocycles. The minimum absolute atomic E-state index is 0.257. The highest BCUT2D eigenvalue weighted by atomic mass is 32.2. The zero-order valence-electron chi connectivity index (χ0n) is 15.5. The van der Waals surface area contributed by atoms with Crippen LogP contribution in [0.5, 0.6) is 0 Å². The molecule has 0 radical (unpaired) electrons. The van der Waals surface area contributed by atoms with Crippen molar-refractivity contribution in [2.24, 2.45) is 0 Å². The van der Waals surface area contributed by atoms with Gasteiger partial charge >= 0.3 is 0 Å². The lowest BCUT2D eigenvalue weighted by molar-refractivity contribution is 0.597. The maximum absolute atomic E-state index is 13.0. The molecule has 2 aliphatic heterocycles. The average Bonchev–Trinajstić information content (AvgIpc) is 3.14. The molecule has 0 spiro atoms. The summed E-state index contributed by atoms with van der Waals surface area (Å²) in [4.78, 5) is 1.13. The molecular weight excluding hydrogens is 416 g/mol. The molecule has 4 aromatic rings. The first-order chi connectivity index (χ1) is 14.4. The zero-order valence-corrected chi connectivity index (χ0v) is 17.2. The van der Waals surface area contributed by atoms with Gasteiger partial charge < -0.3 is 0 Å². The zero-order chi connectivity index (χ0) is 20.7. The fourth-order valence-electron chi connectivity index (χ4n) is 4.38. The van der Waals surface area contributed by atoms with Crippen molar-refractivity contribution in [3.8, 4) is 33.4 Å². The van der Waals surface area contributed by atoms with E-state index in [0.29, 0.717) is 43.2 Å². The van der Waals surface area contributed by atoms with Gasteiger partial charge in [-0.1, -0.05) is 60.7 Å². The molecule has 6 heteroatoms. The molecule has 0 fully saturated rings. The molecule has 0 aliphatic carbocycles. The van der Waals surface area contributed by atoms with Crippen LogP contribution in [0.15, 0.2) is 105 Å². The molecule has 4 aromatic carbocycles. The van der Waals surface area contributed by atoms with Crippen LogP contribution in [-0.2, 0) is 19.7 Å². The van der Waals surface area contributed by atoms with E-state index in [4.69, 9.17) is 0 Å². The van der Waals surface area contributed by atoms with E-state index in [1.54, 1.807) is 60.7 Å². The van der Waals surface area contributed by atoms with Gasteiger partial charge in [0.05, 0.1) is 19.6 Å². The first-order valence-electron chi connectivity index (χ1n) is 9.36. The van der Waals surface area contributed by atoms with Gasteiger partial charge in [0, 0.05) is 22.3 Å². The van der Waals surface area contributed by atoms with Gasteiger partial charge in [0.1, 0.15) is 0 Å². The van der Waals surface area contributed by atoms with Crippen LogP contribution >= 0.6 is 0 Å². The smallest absolute Gasteiger partial charge is 0.207 e. The molecule has 0 saturated carbocycles. The van der Waals surface area contributed by atoms with Gasteiger partial charge in [0.25, 0.3) is 0 Å². The Kier molecular flexibility index (Phi) is 3.34. The standard InChI is InChI=1S/C24H14O4S2/c25-29(26)21-7-3-1-5-17(21)19-11-9-15(13-23(19)29)16-10-12-20-18-6-2-4-8-22(18)30(27,28)24(20)14-16/h1-14H. The molecule has 0 amide bonds. The summed E-state index contributed by atoms with van der Waals surface area (Å²) in [7, 11) is -7.18. The van der Waals surface area contributed by atoms with E-state index in [9.17, 15) is 16.8 Å². The number of fused-ring (bicyclic) bond motifs is 6. The molecule has 2 heterocycles. The van der Waals surface area contributed by atoms with Gasteiger partial charge in [-0.15, -0.1) is 0 Å². The molecule has 2 aliphatic rings. The highest BCUT2D eigenvalue weighted by Crippen LogP contribution is 2.47. The van der Waals surface area contributed by atoms with Crippen LogP contribution in [0.1, 0.15) is 0 Å². The molecule has 146 valence electrons. The van der Waals surface area contributed by atoms with Crippen LogP contribution in [0.25, 0.3) is 33.4 Å². The fraction of sp³-hybridized carbons (Fsp3) is 0. The quantitative estimate of drug-likeness (QED) is 0.369. The molecule has 0 saturated heterocycles. The molecule has 0 bridgehead atoms. The van der Waals surface area contributed by atoms with Gasteiger partial charge in [0.15, 0.2) is 0 Å². The number of sulfone groups is 2. The molecule has 0 atom stereocenters. The minimum Gasteiger partial charge on any atom is -0.218 e. The van der Waals surface area contributed by atoms with Crippen molar-refractivity contribution in [1.29, 1.82) is 0 Å².